The van der Waals surface area contributed by atoms with E-state index in [1.54, 1.807) is 18.2 Å². The third-order valence-corrected chi connectivity index (χ3v) is 10.1. The number of imide groups is 1. The number of hydrogen-bond acceptors (Lipinski definition) is 5. The van der Waals surface area contributed by atoms with E-state index in [0.717, 1.165) is 42.8 Å². The summed E-state index contributed by atoms with van der Waals surface area (Å²) in [6, 6.07) is 26.1. The van der Waals surface area contributed by atoms with E-state index in [-0.39, 0.29) is 34.9 Å². The lowest BCUT2D eigenvalue weighted by Gasteiger charge is -2.45. The molecule has 4 aromatic carbocycles. The first kappa shape index (κ1) is 27.3. The maximum absolute atomic E-state index is 14.2. The van der Waals surface area contributed by atoms with Gasteiger partial charge in [-0.25, -0.2) is 9.69 Å². The molecule has 2 atom stereocenters. The zero-order valence-electron chi connectivity index (χ0n) is 23.5. The molecule has 0 saturated carbocycles. The number of anilines is 2. The molecule has 3 amide bonds. The van der Waals surface area contributed by atoms with Gasteiger partial charge in [-0.1, -0.05) is 76.6 Å². The Hall–Kier alpha value is -4.56. The first-order valence-corrected chi connectivity index (χ1v) is 14.9. The topological polar surface area (TPSA) is 92.8 Å². The highest BCUT2D eigenvalue weighted by molar-refractivity contribution is 9.10. The Morgan fingerprint density at radius 3 is 1.74 bits per heavy atom. The highest BCUT2D eigenvalue weighted by atomic mass is 79.9. The number of aryl methyl sites for hydroxylation is 2. The Labute approximate surface area is 257 Å². The normalized spacial score (nSPS) is 21.2. The molecule has 1 aliphatic heterocycles. The quantitative estimate of drug-likeness (QED) is 0.207. The molecule has 3 aliphatic carbocycles. The van der Waals surface area contributed by atoms with Crippen LogP contribution in [0.5, 0.6) is 0 Å². The largest absolute Gasteiger partial charge is 0.452 e. The molecule has 214 valence electrons. The minimum Gasteiger partial charge on any atom is -0.452 e. The minimum atomic E-state index is -0.793. The van der Waals surface area contributed by atoms with Crippen LogP contribution in [0, 0.1) is 25.7 Å². The maximum Gasteiger partial charge on any atom is 0.340 e. The number of carbonyl (C=O) groups is 4. The monoisotopic (exact) mass is 634 g/mol. The molecule has 8 heteroatoms. The Kier molecular flexibility index (Phi) is 6.54. The second kappa shape index (κ2) is 10.3. The average molecular weight is 636 g/mol. The summed E-state index contributed by atoms with van der Waals surface area (Å²) in [4.78, 5) is 55.4. The lowest BCUT2D eigenvalue weighted by molar-refractivity contribution is -0.122. The number of para-hydroxylation sites is 1. The number of nitrogens with zero attached hydrogens (tertiary/aromatic N) is 1. The fraction of sp³-hybridized carbons (Fsp3) is 0.200. The lowest BCUT2D eigenvalue weighted by atomic mass is 9.55. The summed E-state index contributed by atoms with van der Waals surface area (Å²) in [7, 11) is 0. The summed E-state index contributed by atoms with van der Waals surface area (Å²) < 4.78 is 6.34. The van der Waals surface area contributed by atoms with E-state index in [1.807, 2.05) is 74.5 Å². The number of benzene rings is 4. The molecule has 0 spiro atoms. The van der Waals surface area contributed by atoms with E-state index in [9.17, 15) is 19.2 Å². The zero-order chi connectivity index (χ0) is 30.0. The molecule has 7 nitrogen and oxygen atoms in total. The van der Waals surface area contributed by atoms with Crippen LogP contribution in [0.15, 0.2) is 89.4 Å². The number of halogens is 1. The summed E-state index contributed by atoms with van der Waals surface area (Å²) >= 11 is 3.51. The molecule has 0 radical (unpaired) electrons. The predicted octanol–water partition coefficient (Wildman–Crippen LogP) is 6.26. The van der Waals surface area contributed by atoms with Crippen molar-refractivity contribution in [2.75, 3.05) is 16.8 Å². The third kappa shape index (κ3) is 4.23. The SMILES string of the molecule is Cc1cc(NC(=O)COC(=O)c2ccccc2N2C(=O)[C@@H]3C4c5ccccc5C(c5ccccc54)[C@H]3C2=O)cc(C)c1Br. The molecule has 1 fully saturated rings. The molecule has 4 aromatic rings. The molecule has 43 heavy (non-hydrogen) atoms. The van der Waals surface area contributed by atoms with E-state index in [1.165, 1.54) is 6.07 Å². The Bertz CT molecular complexity index is 1730. The minimum absolute atomic E-state index is 0.0494. The highest BCUT2D eigenvalue weighted by Gasteiger charge is 2.62. The van der Waals surface area contributed by atoms with Gasteiger partial charge < -0.3 is 10.1 Å². The zero-order valence-corrected chi connectivity index (χ0v) is 25.1. The van der Waals surface area contributed by atoms with E-state index >= 15 is 0 Å². The first-order valence-electron chi connectivity index (χ1n) is 14.1. The van der Waals surface area contributed by atoms with Gasteiger partial charge in [-0.3, -0.25) is 14.4 Å². The van der Waals surface area contributed by atoms with E-state index in [2.05, 4.69) is 21.2 Å². The average Bonchev–Trinajstić information content (AvgIpc) is 3.28. The second-order valence-electron chi connectivity index (χ2n) is 11.3. The number of nitrogens with one attached hydrogen (secondary N) is 1. The fourth-order valence-electron chi connectivity index (χ4n) is 7.18. The van der Waals surface area contributed by atoms with Crippen LogP contribution in [0.25, 0.3) is 0 Å². The van der Waals surface area contributed by atoms with Crippen molar-refractivity contribution in [1.29, 1.82) is 0 Å². The number of rotatable bonds is 5. The van der Waals surface area contributed by atoms with Crippen molar-refractivity contribution in [1.82, 2.24) is 0 Å². The molecule has 8 rings (SSSR count). The van der Waals surface area contributed by atoms with Crippen molar-refractivity contribution < 1.29 is 23.9 Å². The van der Waals surface area contributed by atoms with Crippen molar-refractivity contribution in [3.8, 4) is 0 Å². The number of hydrogen-bond donors (Lipinski definition) is 1. The number of amides is 3. The van der Waals surface area contributed by atoms with Gasteiger partial charge in [0.15, 0.2) is 6.61 Å². The standard InChI is InChI=1S/C35H27BrN2O5/c1-18-15-20(16-19(2)32(18)36)37-27(39)17-43-35(42)25-13-7-8-14-26(25)38-33(40)30-28-21-9-3-4-10-22(21)29(31(30)34(38)41)24-12-6-5-11-23(24)28/h3-16,28-31H,17H2,1-2H3,(H,37,39)/t28?,29?,30-,31-/m1/s1. The van der Waals surface area contributed by atoms with Gasteiger partial charge in [0.05, 0.1) is 23.1 Å². The highest BCUT2D eigenvalue weighted by Crippen LogP contribution is 2.61. The van der Waals surface area contributed by atoms with Gasteiger partial charge in [-0.05, 0) is 71.5 Å². The van der Waals surface area contributed by atoms with Crippen LogP contribution >= 0.6 is 15.9 Å². The number of ether oxygens (including phenoxy) is 1. The van der Waals surface area contributed by atoms with Crippen LogP contribution in [-0.2, 0) is 19.1 Å². The van der Waals surface area contributed by atoms with Gasteiger partial charge in [0.2, 0.25) is 11.8 Å². The Morgan fingerprint density at radius 2 is 1.23 bits per heavy atom. The van der Waals surface area contributed by atoms with Gasteiger partial charge in [0.25, 0.3) is 5.91 Å². The van der Waals surface area contributed by atoms with Crippen LogP contribution < -0.4 is 10.2 Å². The Balaban J connectivity index is 1.16. The first-order chi connectivity index (χ1) is 20.8. The predicted molar refractivity (Wildman–Crippen MR) is 165 cm³/mol. The second-order valence-corrected chi connectivity index (χ2v) is 12.1. The summed E-state index contributed by atoms with van der Waals surface area (Å²) in [5.74, 6) is -3.60. The van der Waals surface area contributed by atoms with Crippen molar-refractivity contribution >= 4 is 51.0 Å². The van der Waals surface area contributed by atoms with Crippen molar-refractivity contribution in [3.63, 3.8) is 0 Å². The van der Waals surface area contributed by atoms with Crippen LogP contribution in [0.1, 0.15) is 55.6 Å². The van der Waals surface area contributed by atoms with Crippen LogP contribution in [0.3, 0.4) is 0 Å². The molecule has 0 unspecified atom stereocenters. The summed E-state index contributed by atoms with van der Waals surface area (Å²) in [6.07, 6.45) is 0. The summed E-state index contributed by atoms with van der Waals surface area (Å²) in [5.41, 5.74) is 7.03. The third-order valence-electron chi connectivity index (χ3n) is 8.87. The van der Waals surface area contributed by atoms with Crippen molar-refractivity contribution in [3.05, 3.63) is 128 Å². The van der Waals surface area contributed by atoms with E-state index < -0.39 is 30.3 Å². The van der Waals surface area contributed by atoms with Crippen LogP contribution in [0.4, 0.5) is 11.4 Å². The smallest absolute Gasteiger partial charge is 0.340 e. The fourth-order valence-corrected chi connectivity index (χ4v) is 7.41. The molecule has 1 N–H and O–H groups in total. The van der Waals surface area contributed by atoms with Gasteiger partial charge in [0.1, 0.15) is 0 Å². The van der Waals surface area contributed by atoms with Gasteiger partial charge in [-0.15, -0.1) is 0 Å². The van der Waals surface area contributed by atoms with Crippen molar-refractivity contribution in [2.24, 2.45) is 11.8 Å². The molecule has 2 bridgehead atoms. The lowest BCUT2D eigenvalue weighted by Crippen LogP contribution is -2.41. The molecule has 1 saturated heterocycles. The molecular weight excluding hydrogens is 608 g/mol. The summed E-state index contributed by atoms with van der Waals surface area (Å²) in [5, 5.41) is 2.75. The van der Waals surface area contributed by atoms with Gasteiger partial charge >= 0.3 is 5.97 Å². The maximum atomic E-state index is 14.2. The van der Waals surface area contributed by atoms with E-state index in [0.29, 0.717) is 5.69 Å². The number of esters is 1. The van der Waals surface area contributed by atoms with E-state index in [4.69, 9.17) is 4.74 Å². The van der Waals surface area contributed by atoms with Crippen molar-refractivity contribution in [2.45, 2.75) is 25.7 Å². The van der Waals surface area contributed by atoms with Gasteiger partial charge in [-0.2, -0.15) is 0 Å². The molecule has 1 heterocycles. The van der Waals surface area contributed by atoms with Crippen LogP contribution in [-0.4, -0.2) is 30.3 Å². The van der Waals surface area contributed by atoms with Crippen LogP contribution in [0.2, 0.25) is 0 Å². The molecule has 0 aromatic heterocycles. The number of carbonyl (C=O) groups excluding carboxylic acids is 4. The molecular formula is C35H27BrN2O5. The molecule has 4 aliphatic rings. The Morgan fingerprint density at radius 1 is 0.767 bits per heavy atom. The van der Waals surface area contributed by atoms with Gasteiger partial charge in [0, 0.05) is 22.0 Å². The summed E-state index contributed by atoms with van der Waals surface area (Å²) in [6.45, 7) is 3.32.